The number of rotatable bonds is 3. The number of amides is 1. The summed E-state index contributed by atoms with van der Waals surface area (Å²) in [4.78, 5) is 21.1. The molecule has 1 aliphatic rings. The summed E-state index contributed by atoms with van der Waals surface area (Å²) in [5.41, 5.74) is 5.46. The van der Waals surface area contributed by atoms with Gasteiger partial charge in [0, 0.05) is 43.8 Å². The third-order valence-corrected chi connectivity index (χ3v) is 5.70. The fraction of sp³-hybridized carbons (Fsp3) is 0.348. The van der Waals surface area contributed by atoms with Crippen LogP contribution in [0.3, 0.4) is 0 Å². The van der Waals surface area contributed by atoms with E-state index in [2.05, 4.69) is 60.1 Å². The maximum atomic E-state index is 13.2. The average molecular weight is 361 g/mol. The molecule has 1 aromatic heterocycles. The van der Waals surface area contributed by atoms with Gasteiger partial charge in [0.1, 0.15) is 0 Å². The molecule has 1 aliphatic heterocycles. The highest BCUT2D eigenvalue weighted by Gasteiger charge is 2.22. The number of carbonyl (C=O) groups is 1. The maximum absolute atomic E-state index is 13.2. The van der Waals surface area contributed by atoms with Gasteiger partial charge in [0.15, 0.2) is 0 Å². The Morgan fingerprint density at radius 1 is 0.963 bits per heavy atom. The zero-order valence-corrected chi connectivity index (χ0v) is 16.2. The standard InChI is InChI=1S/C23H27N3O/c1-17-18(2)24-22-20(17)10-6-11-21(22)23(27)26-13-7-12-25(14-15-26)16-19-8-4-3-5-9-19/h3-6,8-11,24H,7,12-16H2,1-2H3. The van der Waals surface area contributed by atoms with Crippen molar-refractivity contribution >= 4 is 16.8 Å². The average Bonchev–Trinajstić information content (AvgIpc) is 2.85. The number of hydrogen-bond acceptors (Lipinski definition) is 2. The number of nitrogens with zero attached hydrogens (tertiary/aromatic N) is 2. The van der Waals surface area contributed by atoms with Crippen LogP contribution < -0.4 is 0 Å². The Morgan fingerprint density at radius 2 is 1.78 bits per heavy atom. The van der Waals surface area contributed by atoms with Gasteiger partial charge in [-0.25, -0.2) is 0 Å². The quantitative estimate of drug-likeness (QED) is 0.762. The lowest BCUT2D eigenvalue weighted by Gasteiger charge is -2.22. The van der Waals surface area contributed by atoms with E-state index < -0.39 is 0 Å². The third-order valence-electron chi connectivity index (χ3n) is 5.70. The van der Waals surface area contributed by atoms with Crippen LogP contribution in [0.2, 0.25) is 0 Å². The zero-order valence-electron chi connectivity index (χ0n) is 16.2. The van der Waals surface area contributed by atoms with Crippen molar-refractivity contribution in [1.82, 2.24) is 14.8 Å². The molecular weight excluding hydrogens is 334 g/mol. The first kappa shape index (κ1) is 17.8. The van der Waals surface area contributed by atoms with Crippen molar-refractivity contribution in [2.45, 2.75) is 26.8 Å². The van der Waals surface area contributed by atoms with Gasteiger partial charge in [-0.3, -0.25) is 9.69 Å². The molecule has 4 heteroatoms. The van der Waals surface area contributed by atoms with Crippen LogP contribution in [0.15, 0.2) is 48.5 Å². The second-order valence-electron chi connectivity index (χ2n) is 7.51. The molecule has 1 fully saturated rings. The molecular formula is C23H27N3O. The number of H-pyrrole nitrogens is 1. The summed E-state index contributed by atoms with van der Waals surface area (Å²) in [6, 6.07) is 16.6. The number of aromatic nitrogens is 1. The molecule has 140 valence electrons. The highest BCUT2D eigenvalue weighted by molar-refractivity contribution is 6.06. The first-order valence-corrected chi connectivity index (χ1v) is 9.77. The molecule has 4 nitrogen and oxygen atoms in total. The molecule has 1 saturated heterocycles. The molecule has 3 aromatic rings. The smallest absolute Gasteiger partial charge is 0.256 e. The molecule has 1 amide bonds. The minimum atomic E-state index is 0.142. The molecule has 1 N–H and O–H groups in total. The maximum Gasteiger partial charge on any atom is 0.256 e. The molecule has 0 aliphatic carbocycles. The van der Waals surface area contributed by atoms with E-state index in [-0.39, 0.29) is 5.91 Å². The van der Waals surface area contributed by atoms with Crippen LogP contribution in [-0.4, -0.2) is 46.9 Å². The first-order chi connectivity index (χ1) is 13.1. The Bertz CT molecular complexity index is 945. The lowest BCUT2D eigenvalue weighted by molar-refractivity contribution is 0.0763. The highest BCUT2D eigenvalue weighted by atomic mass is 16.2. The van der Waals surface area contributed by atoms with Gasteiger partial charge in [-0.1, -0.05) is 42.5 Å². The second kappa shape index (κ2) is 7.57. The van der Waals surface area contributed by atoms with Gasteiger partial charge in [0.05, 0.1) is 11.1 Å². The van der Waals surface area contributed by atoms with Gasteiger partial charge in [-0.15, -0.1) is 0 Å². The van der Waals surface area contributed by atoms with Crippen LogP contribution in [0.1, 0.15) is 33.6 Å². The predicted octanol–water partition coefficient (Wildman–Crippen LogP) is 4.13. The molecule has 2 aromatic carbocycles. The minimum absolute atomic E-state index is 0.142. The number of aryl methyl sites for hydroxylation is 2. The number of nitrogens with one attached hydrogen (secondary N) is 1. The topological polar surface area (TPSA) is 39.3 Å². The van der Waals surface area contributed by atoms with Crippen LogP contribution in [-0.2, 0) is 6.54 Å². The van der Waals surface area contributed by atoms with Crippen LogP contribution in [0.5, 0.6) is 0 Å². The van der Waals surface area contributed by atoms with Gasteiger partial charge < -0.3 is 9.88 Å². The number of hydrogen-bond donors (Lipinski definition) is 1. The van der Waals surface area contributed by atoms with Crippen molar-refractivity contribution in [3.8, 4) is 0 Å². The number of fused-ring (bicyclic) bond motifs is 1. The Labute approximate surface area is 160 Å². The third kappa shape index (κ3) is 3.62. The molecule has 0 bridgehead atoms. The van der Waals surface area contributed by atoms with Crippen molar-refractivity contribution in [2.24, 2.45) is 0 Å². The molecule has 0 unspecified atom stereocenters. The van der Waals surface area contributed by atoms with E-state index in [1.54, 1.807) is 0 Å². The van der Waals surface area contributed by atoms with Crippen LogP contribution >= 0.6 is 0 Å². The molecule has 0 spiro atoms. The fourth-order valence-corrected chi connectivity index (χ4v) is 4.01. The van der Waals surface area contributed by atoms with E-state index in [4.69, 9.17) is 0 Å². The van der Waals surface area contributed by atoms with E-state index in [0.29, 0.717) is 0 Å². The normalized spacial score (nSPS) is 15.9. The summed E-state index contributed by atoms with van der Waals surface area (Å²) in [6.45, 7) is 8.67. The summed E-state index contributed by atoms with van der Waals surface area (Å²) in [5.74, 6) is 0.142. The lowest BCUT2D eigenvalue weighted by atomic mass is 10.1. The van der Waals surface area contributed by atoms with Crippen molar-refractivity contribution in [2.75, 3.05) is 26.2 Å². The number of para-hydroxylation sites is 1. The number of carbonyl (C=O) groups excluding carboxylic acids is 1. The molecule has 0 saturated carbocycles. The summed E-state index contributed by atoms with van der Waals surface area (Å²) >= 11 is 0. The second-order valence-corrected chi connectivity index (χ2v) is 7.51. The van der Waals surface area contributed by atoms with Crippen molar-refractivity contribution < 1.29 is 4.79 Å². The molecule has 0 atom stereocenters. The predicted molar refractivity (Wildman–Crippen MR) is 110 cm³/mol. The molecule has 27 heavy (non-hydrogen) atoms. The highest BCUT2D eigenvalue weighted by Crippen LogP contribution is 2.25. The fourth-order valence-electron chi connectivity index (χ4n) is 4.01. The Kier molecular flexibility index (Phi) is 4.99. The van der Waals surface area contributed by atoms with Crippen LogP contribution in [0, 0.1) is 13.8 Å². The SMILES string of the molecule is Cc1[nH]c2c(C(=O)N3CCCN(Cc4ccccc4)CC3)cccc2c1C. The van der Waals surface area contributed by atoms with E-state index in [9.17, 15) is 4.79 Å². The lowest BCUT2D eigenvalue weighted by Crippen LogP contribution is -2.35. The molecule has 4 rings (SSSR count). The van der Waals surface area contributed by atoms with Crippen molar-refractivity contribution in [1.29, 1.82) is 0 Å². The zero-order chi connectivity index (χ0) is 18.8. The van der Waals surface area contributed by atoms with E-state index >= 15 is 0 Å². The van der Waals surface area contributed by atoms with E-state index in [1.165, 1.54) is 11.1 Å². The Balaban J connectivity index is 1.49. The summed E-state index contributed by atoms with van der Waals surface area (Å²) in [6.07, 6.45) is 1.01. The monoisotopic (exact) mass is 361 g/mol. The molecule has 0 radical (unpaired) electrons. The van der Waals surface area contributed by atoms with Crippen LogP contribution in [0.4, 0.5) is 0 Å². The van der Waals surface area contributed by atoms with Gasteiger partial charge in [-0.05, 0) is 37.5 Å². The largest absolute Gasteiger partial charge is 0.358 e. The Morgan fingerprint density at radius 3 is 2.59 bits per heavy atom. The van der Waals surface area contributed by atoms with Gasteiger partial charge in [-0.2, -0.15) is 0 Å². The number of aromatic amines is 1. The van der Waals surface area contributed by atoms with E-state index in [0.717, 1.165) is 61.3 Å². The van der Waals surface area contributed by atoms with Gasteiger partial charge >= 0.3 is 0 Å². The first-order valence-electron chi connectivity index (χ1n) is 9.77. The summed E-state index contributed by atoms with van der Waals surface area (Å²) < 4.78 is 0. The summed E-state index contributed by atoms with van der Waals surface area (Å²) in [5, 5.41) is 1.15. The summed E-state index contributed by atoms with van der Waals surface area (Å²) in [7, 11) is 0. The Hall–Kier alpha value is -2.59. The van der Waals surface area contributed by atoms with Crippen molar-refractivity contribution in [3.63, 3.8) is 0 Å². The van der Waals surface area contributed by atoms with Gasteiger partial charge in [0.2, 0.25) is 0 Å². The van der Waals surface area contributed by atoms with Gasteiger partial charge in [0.25, 0.3) is 5.91 Å². The number of benzene rings is 2. The molecule has 2 heterocycles. The van der Waals surface area contributed by atoms with E-state index in [1.807, 2.05) is 17.0 Å². The minimum Gasteiger partial charge on any atom is -0.358 e. The van der Waals surface area contributed by atoms with Crippen LogP contribution in [0.25, 0.3) is 10.9 Å². The van der Waals surface area contributed by atoms with Crippen molar-refractivity contribution in [3.05, 3.63) is 70.9 Å².